The molecule has 2 nitrogen and oxygen atoms in total. The Morgan fingerprint density at radius 3 is 2.78 bits per heavy atom. The fourth-order valence-electron chi connectivity index (χ4n) is 0.531. The van der Waals surface area contributed by atoms with E-state index in [1.54, 1.807) is 0 Å². The van der Waals surface area contributed by atoms with Crippen molar-refractivity contribution in [3.63, 3.8) is 0 Å². The molecule has 0 aromatic heterocycles. The smallest absolute Gasteiger partial charge is 0.160 e. The number of aromatic hydroxyl groups is 2. The largest absolute Gasteiger partial charge is 0.504 e. The quantitative estimate of drug-likeness (QED) is 0.517. The van der Waals surface area contributed by atoms with Crippen molar-refractivity contribution in [2.45, 2.75) is 6.85 Å². The Hall–Kier alpha value is -1.18. The molecule has 0 amide bonds. The number of benzene rings is 1. The third-order valence-electron chi connectivity index (χ3n) is 1.01. The normalized spacial score (nSPS) is 15.8. The molecule has 0 aliphatic carbocycles. The van der Waals surface area contributed by atoms with Crippen LogP contribution < -0.4 is 0 Å². The van der Waals surface area contributed by atoms with E-state index in [0.29, 0.717) is 0 Å². The van der Waals surface area contributed by atoms with Crippen LogP contribution in [0.1, 0.15) is 9.68 Å². The highest BCUT2D eigenvalue weighted by Crippen LogP contribution is 2.26. The maximum atomic E-state index is 9.12. The molecule has 0 saturated carbocycles. The van der Waals surface area contributed by atoms with E-state index in [4.69, 9.17) is 14.3 Å². The predicted molar refractivity (Wildman–Crippen MR) is 34.5 cm³/mol. The first-order valence-electron chi connectivity index (χ1n) is 3.94. The van der Waals surface area contributed by atoms with Crippen LogP contribution in [-0.2, 0) is 0 Å². The van der Waals surface area contributed by atoms with Crippen LogP contribution in [-0.4, -0.2) is 10.2 Å². The maximum Gasteiger partial charge on any atom is 0.160 e. The zero-order valence-electron chi connectivity index (χ0n) is 7.63. The van der Waals surface area contributed by atoms with Gasteiger partial charge in [-0.15, -0.1) is 0 Å². The third kappa shape index (κ3) is 0.964. The molecule has 0 bridgehead atoms. The molecule has 9 heavy (non-hydrogen) atoms. The summed E-state index contributed by atoms with van der Waals surface area (Å²) in [6.45, 7) is -2.39. The molecule has 0 atom stereocenters. The number of phenolic OH excluding ortho intramolecular Hbond substituents is 2. The van der Waals surface area contributed by atoms with E-state index in [2.05, 4.69) is 0 Å². The Bertz CT molecular complexity index is 293. The number of aryl methyl sites for hydroxylation is 1. The maximum absolute atomic E-state index is 9.12. The topological polar surface area (TPSA) is 40.5 Å². The van der Waals surface area contributed by atoms with Gasteiger partial charge >= 0.3 is 0 Å². The second kappa shape index (κ2) is 1.97. The Labute approximate surface area is 57.6 Å². The fourth-order valence-corrected chi connectivity index (χ4v) is 0.531. The molecule has 2 heteroatoms. The number of hydrogen-bond donors (Lipinski definition) is 2. The molecule has 1 rings (SSSR count). The van der Waals surface area contributed by atoms with Gasteiger partial charge in [-0.2, -0.15) is 0 Å². The van der Waals surface area contributed by atoms with Crippen LogP contribution in [0.4, 0.5) is 0 Å². The second-order valence-electron chi connectivity index (χ2n) is 1.67. The van der Waals surface area contributed by atoms with E-state index in [-0.39, 0.29) is 5.56 Å². The van der Waals surface area contributed by atoms with Crippen molar-refractivity contribution in [3.8, 4) is 11.5 Å². The van der Waals surface area contributed by atoms with Crippen LogP contribution in [0.2, 0.25) is 0 Å². The summed E-state index contributed by atoms with van der Waals surface area (Å²) >= 11 is 0. The Morgan fingerprint density at radius 1 is 1.44 bits per heavy atom. The van der Waals surface area contributed by atoms with Crippen molar-refractivity contribution in [2.75, 3.05) is 0 Å². The monoisotopic (exact) mass is 127 g/mol. The van der Waals surface area contributed by atoms with E-state index in [1.807, 2.05) is 0 Å². The van der Waals surface area contributed by atoms with Gasteiger partial charge in [0.25, 0.3) is 0 Å². The Morgan fingerprint density at radius 2 is 2.22 bits per heavy atom. The van der Waals surface area contributed by atoms with E-state index in [1.165, 1.54) is 18.2 Å². The first kappa shape index (κ1) is 3.11. The van der Waals surface area contributed by atoms with Gasteiger partial charge in [-0.1, -0.05) is 12.1 Å². The van der Waals surface area contributed by atoms with Crippen molar-refractivity contribution in [2.24, 2.45) is 0 Å². The van der Waals surface area contributed by atoms with E-state index in [9.17, 15) is 0 Å². The Balaban J connectivity index is 3.26. The van der Waals surface area contributed by atoms with Crippen LogP contribution >= 0.6 is 0 Å². The van der Waals surface area contributed by atoms with Crippen molar-refractivity contribution >= 4 is 0 Å². The van der Waals surface area contributed by atoms with E-state index < -0.39 is 18.4 Å². The predicted octanol–water partition coefficient (Wildman–Crippen LogP) is 1.41. The minimum atomic E-state index is -2.39. The number of rotatable bonds is 0. The third-order valence-corrected chi connectivity index (χ3v) is 1.01. The molecule has 0 fully saturated rings. The number of hydrogen-bond acceptors (Lipinski definition) is 2. The van der Waals surface area contributed by atoms with Gasteiger partial charge in [-0.25, -0.2) is 0 Å². The summed E-state index contributed by atoms with van der Waals surface area (Å²) in [5.41, 5.74) is -0.234. The molecule has 0 radical (unpaired) electrons. The molecule has 48 valence electrons. The lowest BCUT2D eigenvalue weighted by Crippen LogP contribution is -1.72. The molecule has 0 spiro atoms. The summed E-state index contributed by atoms with van der Waals surface area (Å²) in [6.07, 6.45) is 0. The van der Waals surface area contributed by atoms with Crippen LogP contribution in [0.5, 0.6) is 11.5 Å². The van der Waals surface area contributed by atoms with Crippen molar-refractivity contribution in [1.29, 1.82) is 0 Å². The standard InChI is InChI=1S/C7H8O2/c1-5-3-2-4-6(8)7(5)9/h2-4,8-9H,1H3/i1D3. The lowest BCUT2D eigenvalue weighted by Gasteiger charge is -1.97. The van der Waals surface area contributed by atoms with Crippen LogP contribution in [0.3, 0.4) is 0 Å². The highest BCUT2D eigenvalue weighted by atomic mass is 16.3. The molecule has 0 saturated heterocycles. The van der Waals surface area contributed by atoms with Gasteiger partial charge in [0, 0.05) is 4.11 Å². The summed E-state index contributed by atoms with van der Waals surface area (Å²) < 4.78 is 20.9. The van der Waals surface area contributed by atoms with Crippen molar-refractivity contribution in [1.82, 2.24) is 0 Å². The van der Waals surface area contributed by atoms with E-state index in [0.717, 1.165) is 0 Å². The van der Waals surface area contributed by atoms with E-state index >= 15 is 0 Å². The summed E-state index contributed by atoms with van der Waals surface area (Å²) in [7, 11) is 0. The lowest BCUT2D eigenvalue weighted by molar-refractivity contribution is 0.401. The molecule has 1 aromatic carbocycles. The summed E-state index contributed by atoms with van der Waals surface area (Å²) in [5, 5.41) is 18.1. The lowest BCUT2D eigenvalue weighted by atomic mass is 10.2. The van der Waals surface area contributed by atoms with Crippen molar-refractivity contribution < 1.29 is 14.3 Å². The summed E-state index contributed by atoms with van der Waals surface area (Å²) in [5.74, 6) is -0.985. The first-order chi connectivity index (χ1) is 5.43. The molecular formula is C7H8O2. The van der Waals surface area contributed by atoms with Gasteiger partial charge in [0.1, 0.15) is 0 Å². The number of phenols is 2. The van der Waals surface area contributed by atoms with Gasteiger partial charge in [0.2, 0.25) is 0 Å². The molecule has 0 aliphatic rings. The van der Waals surface area contributed by atoms with Gasteiger partial charge in [-0.3, -0.25) is 0 Å². The molecule has 0 unspecified atom stereocenters. The van der Waals surface area contributed by atoms with Gasteiger partial charge in [-0.05, 0) is 18.5 Å². The summed E-state index contributed by atoms with van der Waals surface area (Å²) in [4.78, 5) is 0. The highest BCUT2D eigenvalue weighted by Gasteiger charge is 1.98. The van der Waals surface area contributed by atoms with Gasteiger partial charge < -0.3 is 10.2 Å². The van der Waals surface area contributed by atoms with Gasteiger partial charge in [0.15, 0.2) is 11.5 Å². The minimum Gasteiger partial charge on any atom is -0.504 e. The molecular weight excluding hydrogens is 116 g/mol. The zero-order chi connectivity index (χ0) is 9.35. The molecule has 2 N–H and O–H groups in total. The average Bonchev–Trinajstić information content (AvgIpc) is 1.92. The summed E-state index contributed by atoms with van der Waals surface area (Å²) in [6, 6.07) is 3.85. The molecule has 0 heterocycles. The first-order valence-corrected chi connectivity index (χ1v) is 2.44. The van der Waals surface area contributed by atoms with Crippen LogP contribution in [0, 0.1) is 6.85 Å². The van der Waals surface area contributed by atoms with Crippen molar-refractivity contribution in [3.05, 3.63) is 23.8 Å². The van der Waals surface area contributed by atoms with Gasteiger partial charge in [0.05, 0.1) is 0 Å². The molecule has 1 aromatic rings. The minimum absolute atomic E-state index is 0.234. The zero-order valence-corrected chi connectivity index (χ0v) is 4.63. The molecule has 0 aliphatic heterocycles. The van der Waals surface area contributed by atoms with Crippen LogP contribution in [0.15, 0.2) is 18.2 Å². The Kier molecular flexibility index (Phi) is 0.681. The number of para-hydroxylation sites is 1. The SMILES string of the molecule is [2H]C([2H])([2H])c1cccc(O)c1O. The second-order valence-corrected chi connectivity index (χ2v) is 1.67. The fraction of sp³-hybridized carbons (Fsp3) is 0.143. The van der Waals surface area contributed by atoms with Crippen LogP contribution in [0.25, 0.3) is 0 Å². The average molecular weight is 127 g/mol. The highest BCUT2D eigenvalue weighted by molar-refractivity contribution is 5.43.